The fourth-order valence-electron chi connectivity index (χ4n) is 11.3. The van der Waals surface area contributed by atoms with Gasteiger partial charge in [0.25, 0.3) is 0 Å². The number of Topliss-reactive ketones (excluding diaryl/α,β-unsaturated/α-hetero) is 1. The minimum absolute atomic E-state index is 0.0229. The normalized spacial score (nSPS) is 42.6. The number of methoxy groups -OCH3 is 2. The lowest BCUT2D eigenvalue weighted by Crippen LogP contribution is -2.60. The van der Waals surface area contributed by atoms with Crippen LogP contribution in [0.4, 0.5) is 0 Å². The summed E-state index contributed by atoms with van der Waals surface area (Å²) in [7, 11) is 7.52. The number of hydrogen-bond donors (Lipinski definition) is 0. The highest BCUT2D eigenvalue weighted by molar-refractivity contribution is 7.11. The number of aromatic nitrogens is 1. The number of cyclic esters (lactones) is 1. The third-order valence-electron chi connectivity index (χ3n) is 14.1. The van der Waals surface area contributed by atoms with E-state index < -0.39 is 18.3 Å². The van der Waals surface area contributed by atoms with Gasteiger partial charge in [0.1, 0.15) is 24.4 Å². The number of rotatable bonds is 10. The zero-order chi connectivity index (χ0) is 40.7. The molecular weight excluding hydrogens is 749 g/mol. The summed E-state index contributed by atoms with van der Waals surface area (Å²) in [5, 5.41) is 0.999. The summed E-state index contributed by atoms with van der Waals surface area (Å²) in [4.78, 5) is 37.5. The average Bonchev–Trinajstić information content (AvgIpc) is 3.88. The molecule has 3 saturated heterocycles. The zero-order valence-corrected chi connectivity index (χ0v) is 36.7. The number of hydrogen-bond acceptors (Lipinski definition) is 13. The van der Waals surface area contributed by atoms with Crippen molar-refractivity contribution in [2.75, 3.05) is 34.9 Å². The maximum atomic E-state index is 15.0. The highest BCUT2D eigenvalue weighted by Crippen LogP contribution is 2.62. The van der Waals surface area contributed by atoms with Crippen LogP contribution in [-0.2, 0) is 47.5 Å². The van der Waals surface area contributed by atoms with Crippen LogP contribution in [0.5, 0.6) is 0 Å². The van der Waals surface area contributed by atoms with Crippen molar-refractivity contribution >= 4 is 23.1 Å². The van der Waals surface area contributed by atoms with Gasteiger partial charge in [-0.05, 0) is 111 Å². The molecule has 0 radical (unpaired) electrons. The first-order chi connectivity index (χ1) is 27.4. The number of thiazole rings is 1. The van der Waals surface area contributed by atoms with Crippen LogP contribution in [0.25, 0.3) is 0 Å². The van der Waals surface area contributed by atoms with E-state index in [1.165, 1.54) is 4.88 Å². The van der Waals surface area contributed by atoms with Gasteiger partial charge in [-0.1, -0.05) is 19.9 Å². The molecule has 0 unspecified atom stereocenters. The Morgan fingerprint density at radius 2 is 1.68 bits per heavy atom. The molecule has 0 amide bonds. The molecule has 4 fully saturated rings. The average molecular weight is 817 g/mol. The van der Waals surface area contributed by atoms with Gasteiger partial charge < -0.3 is 42.8 Å². The number of fused-ring (bicyclic) bond motifs is 8. The first-order valence-electron chi connectivity index (χ1n) is 21.7. The molecule has 3 aliphatic carbocycles. The van der Waals surface area contributed by atoms with Crippen LogP contribution in [0.15, 0.2) is 11.6 Å². The van der Waals surface area contributed by atoms with Gasteiger partial charge in [0.15, 0.2) is 18.4 Å². The van der Waals surface area contributed by atoms with Crippen molar-refractivity contribution in [2.45, 2.75) is 179 Å². The molecule has 1 aromatic heterocycles. The molecule has 17 atom stereocenters. The largest absolute Gasteiger partial charge is 0.462 e. The maximum Gasteiger partial charge on any atom is 0.306 e. The summed E-state index contributed by atoms with van der Waals surface area (Å²) < 4.78 is 50.7. The van der Waals surface area contributed by atoms with Crippen molar-refractivity contribution in [3.63, 3.8) is 0 Å². The molecule has 0 aromatic carbocycles. The Balaban J connectivity index is 1.17. The van der Waals surface area contributed by atoms with Crippen molar-refractivity contribution in [3.8, 4) is 0 Å². The van der Waals surface area contributed by atoms with Gasteiger partial charge in [0.05, 0.1) is 41.5 Å². The van der Waals surface area contributed by atoms with Gasteiger partial charge in [0.2, 0.25) is 0 Å². The number of esters is 1. The lowest BCUT2D eigenvalue weighted by Gasteiger charge is -2.44. The third-order valence-corrected chi connectivity index (χ3v) is 15.2. The molecule has 57 heavy (non-hydrogen) atoms. The number of aryl methyl sites for hydroxylation is 1. The lowest BCUT2D eigenvalue weighted by molar-refractivity contribution is -0.316. The summed E-state index contributed by atoms with van der Waals surface area (Å²) >= 11 is 1.75. The molecule has 13 heteroatoms. The van der Waals surface area contributed by atoms with Gasteiger partial charge in [-0.3, -0.25) is 9.59 Å². The number of nitrogens with zero attached hydrogens (tertiary/aromatic N) is 2. The number of carbonyl (C=O) groups is 2. The molecular formula is C44H68N2O10S. The van der Waals surface area contributed by atoms with Gasteiger partial charge in [-0.15, -0.1) is 11.3 Å². The number of ketones is 1. The first kappa shape index (κ1) is 43.3. The van der Waals surface area contributed by atoms with Gasteiger partial charge >= 0.3 is 5.97 Å². The minimum atomic E-state index is -0.626. The van der Waals surface area contributed by atoms with Crippen molar-refractivity contribution in [1.82, 2.24) is 9.88 Å². The van der Waals surface area contributed by atoms with Crippen LogP contribution in [0, 0.1) is 30.6 Å². The Kier molecular flexibility index (Phi) is 14.0. The second-order valence-corrected chi connectivity index (χ2v) is 18.9. The predicted molar refractivity (Wildman–Crippen MR) is 215 cm³/mol. The number of carbonyl (C=O) groups excluding carboxylic acids is 2. The van der Waals surface area contributed by atoms with Crippen LogP contribution < -0.4 is 0 Å². The third kappa shape index (κ3) is 8.71. The zero-order valence-electron chi connectivity index (χ0n) is 35.8. The maximum absolute atomic E-state index is 15.0. The van der Waals surface area contributed by atoms with E-state index in [1.807, 2.05) is 20.8 Å². The van der Waals surface area contributed by atoms with E-state index in [1.54, 1.807) is 25.6 Å². The Labute approximate surface area is 344 Å². The molecule has 1 saturated carbocycles. The smallest absolute Gasteiger partial charge is 0.306 e. The summed E-state index contributed by atoms with van der Waals surface area (Å²) in [6, 6.07) is 0.326. The minimum Gasteiger partial charge on any atom is -0.462 e. The standard InChI is InChI=1S/C44H68N2O10S/c1-11-26-14-13-15-34(56-36-17-16-33(46(7)8)23(4)52-36)22(3)39(48)31-20-29-28-18-27(55-44-42(50-10)41(51-12-2)40(49-9)24(5)53-44)19-32(28)43-38(45-25(6)57-43)37(29)30(31)21-35(47)54-26/h20,22-24,26-30,32-34,36-37,40-42,44H,11-19,21H2,1-10H3/t22-,23-,24+,26+,27+,28+,29+,30-,32-,33+,34+,36+,37-,40+,41-,42-,44+/m1/s1. The van der Waals surface area contributed by atoms with Crippen molar-refractivity contribution in [1.29, 1.82) is 0 Å². The number of allylic oxidation sites excluding steroid dienone is 2. The summed E-state index contributed by atoms with van der Waals surface area (Å²) in [5.74, 6) is -0.565. The van der Waals surface area contributed by atoms with Crippen LogP contribution >= 0.6 is 11.3 Å². The van der Waals surface area contributed by atoms with E-state index in [-0.39, 0.29) is 96.8 Å². The Morgan fingerprint density at radius 1 is 0.912 bits per heavy atom. The van der Waals surface area contributed by atoms with E-state index in [4.69, 9.17) is 42.9 Å². The van der Waals surface area contributed by atoms with Gasteiger partial charge in [0, 0.05) is 55.4 Å². The SMILES string of the molecule is CCO[C@@H]1[C@@H](OC)[C@H](C)O[C@@H](O[C@H]2C[C@H]3[C@@H]4C=C5C(=O)[C@H](C)[C@@H](O[C@H]6CC[C@H](N(C)C)[C@@H](C)O6)CCC[C@H](CC)OC(=O)C[C@H]5[C@@H]4c4nc(C)sc4[C@@H]3C2)[C@@H]1OC. The Bertz CT molecular complexity index is 1590. The topological polar surface area (TPSA) is 124 Å². The highest BCUT2D eigenvalue weighted by Gasteiger charge is 2.57. The van der Waals surface area contributed by atoms with Crippen molar-refractivity contribution in [2.24, 2.45) is 23.7 Å². The second-order valence-electron chi connectivity index (χ2n) is 17.7. The summed E-state index contributed by atoms with van der Waals surface area (Å²) in [6.07, 6.45) is 5.78. The predicted octanol–water partition coefficient (Wildman–Crippen LogP) is 6.72. The Hall–Kier alpha value is -1.81. The van der Waals surface area contributed by atoms with Crippen molar-refractivity contribution in [3.05, 3.63) is 27.2 Å². The Morgan fingerprint density at radius 3 is 2.37 bits per heavy atom. The molecule has 0 spiro atoms. The van der Waals surface area contributed by atoms with E-state index >= 15 is 0 Å². The molecule has 0 N–H and O–H groups in total. The number of likely N-dealkylation sites (N-methyl/N-ethyl adjacent to an activating group) is 1. The van der Waals surface area contributed by atoms with Gasteiger partial charge in [-0.2, -0.15) is 0 Å². The number of ether oxygens (including phenoxy) is 8. The molecule has 4 heterocycles. The van der Waals surface area contributed by atoms with Crippen molar-refractivity contribution < 1.29 is 47.5 Å². The van der Waals surface area contributed by atoms with Crippen LogP contribution in [-0.4, -0.2) is 124 Å². The second kappa shape index (κ2) is 18.4. The van der Waals surface area contributed by atoms with Crippen LogP contribution in [0.2, 0.25) is 0 Å². The molecule has 12 nitrogen and oxygen atoms in total. The molecule has 320 valence electrons. The summed E-state index contributed by atoms with van der Waals surface area (Å²) in [5.41, 5.74) is 1.77. The van der Waals surface area contributed by atoms with E-state index in [0.29, 0.717) is 19.1 Å². The first-order valence-corrected chi connectivity index (χ1v) is 22.6. The fraction of sp³-hybridized carbons (Fsp3) is 0.841. The molecule has 6 aliphatic rings. The lowest BCUT2D eigenvalue weighted by atomic mass is 9.67. The quantitative estimate of drug-likeness (QED) is 0.233. The monoisotopic (exact) mass is 816 g/mol. The van der Waals surface area contributed by atoms with E-state index in [9.17, 15) is 9.59 Å². The molecule has 3 aliphatic heterocycles. The van der Waals surface area contributed by atoms with Crippen LogP contribution in [0.1, 0.15) is 120 Å². The molecule has 1 aromatic rings. The fourth-order valence-corrected chi connectivity index (χ4v) is 12.5. The molecule has 7 rings (SSSR count). The molecule has 0 bridgehead atoms. The van der Waals surface area contributed by atoms with E-state index in [0.717, 1.165) is 61.2 Å². The highest BCUT2D eigenvalue weighted by atomic mass is 32.1. The van der Waals surface area contributed by atoms with Crippen LogP contribution in [0.3, 0.4) is 0 Å². The van der Waals surface area contributed by atoms with Gasteiger partial charge in [-0.25, -0.2) is 4.98 Å². The summed E-state index contributed by atoms with van der Waals surface area (Å²) in [6.45, 7) is 12.7. The van der Waals surface area contributed by atoms with E-state index in [2.05, 4.69) is 45.8 Å².